The normalized spacial score (nSPS) is 11.0. The number of ether oxygens (including phenoxy) is 1. The zero-order valence-electron chi connectivity index (χ0n) is 17.1. The third-order valence-corrected chi connectivity index (χ3v) is 4.71. The molecule has 0 atom stereocenters. The number of halogens is 2. The van der Waals surface area contributed by atoms with Crippen molar-refractivity contribution in [3.05, 3.63) is 72.2 Å². The van der Waals surface area contributed by atoms with Gasteiger partial charge in [0, 0.05) is 30.1 Å². The number of carbonyl (C=O) groups excluding carboxylic acids is 1. The molecule has 0 aliphatic carbocycles. The first-order valence-electron chi connectivity index (χ1n) is 9.88. The number of nitrogens with one attached hydrogen (secondary N) is 2. The summed E-state index contributed by atoms with van der Waals surface area (Å²) in [7, 11) is 0. The first-order valence-corrected chi connectivity index (χ1v) is 9.88. The Morgan fingerprint density at radius 2 is 1.97 bits per heavy atom. The number of anilines is 1. The van der Waals surface area contributed by atoms with E-state index >= 15 is 0 Å². The van der Waals surface area contributed by atoms with E-state index in [1.54, 1.807) is 18.4 Å². The number of hydrogen-bond acceptors (Lipinski definition) is 5. The number of oxazole rings is 1. The first-order chi connectivity index (χ1) is 15.5. The van der Waals surface area contributed by atoms with Gasteiger partial charge in [0.25, 0.3) is 0 Å². The molecular weight excluding hydrogens is 418 g/mol. The summed E-state index contributed by atoms with van der Waals surface area (Å²) in [5, 5.41) is 5.94. The van der Waals surface area contributed by atoms with Crippen molar-refractivity contribution in [1.29, 1.82) is 0 Å². The number of carbonyl (C=O) groups is 1. The fourth-order valence-corrected chi connectivity index (χ4v) is 3.17. The van der Waals surface area contributed by atoms with Crippen molar-refractivity contribution in [1.82, 2.24) is 15.3 Å². The zero-order chi connectivity index (χ0) is 22.5. The molecule has 0 fully saturated rings. The highest BCUT2D eigenvalue weighted by molar-refractivity contribution is 6.02. The molecular formula is C23H20F2N4O3. The van der Waals surface area contributed by atoms with Crippen molar-refractivity contribution in [2.24, 2.45) is 0 Å². The van der Waals surface area contributed by atoms with Crippen LogP contribution in [-0.2, 0) is 6.42 Å². The molecule has 0 spiro atoms. The summed E-state index contributed by atoms with van der Waals surface area (Å²) < 4.78 is 35.2. The zero-order valence-corrected chi connectivity index (χ0v) is 17.1. The Balaban J connectivity index is 1.36. The molecule has 0 saturated carbocycles. The van der Waals surface area contributed by atoms with Crippen LogP contribution < -0.4 is 15.4 Å². The second-order valence-corrected chi connectivity index (χ2v) is 7.03. The van der Waals surface area contributed by atoms with Crippen LogP contribution in [0.3, 0.4) is 0 Å². The number of amides is 2. The lowest BCUT2D eigenvalue weighted by Crippen LogP contribution is -2.30. The van der Waals surface area contributed by atoms with Crippen molar-refractivity contribution in [3.63, 3.8) is 0 Å². The van der Waals surface area contributed by atoms with Crippen LogP contribution in [0.2, 0.25) is 0 Å². The largest absolute Gasteiger partial charge is 0.444 e. The van der Waals surface area contributed by atoms with Crippen LogP contribution in [0, 0.1) is 6.92 Å². The Hall–Kier alpha value is -4.01. The van der Waals surface area contributed by atoms with Gasteiger partial charge in [-0.25, -0.2) is 9.78 Å². The molecule has 164 valence electrons. The molecule has 9 heteroatoms. The lowest BCUT2D eigenvalue weighted by Gasteiger charge is -2.12. The number of pyridine rings is 1. The van der Waals surface area contributed by atoms with Crippen LogP contribution in [0.5, 0.6) is 5.75 Å². The van der Waals surface area contributed by atoms with Crippen molar-refractivity contribution in [3.8, 4) is 17.2 Å². The molecule has 2 heterocycles. The van der Waals surface area contributed by atoms with Gasteiger partial charge in [0.05, 0.1) is 11.4 Å². The van der Waals surface area contributed by atoms with Crippen molar-refractivity contribution in [2.75, 3.05) is 11.9 Å². The predicted molar refractivity (Wildman–Crippen MR) is 116 cm³/mol. The number of aromatic nitrogens is 2. The minimum atomic E-state index is -2.97. The molecule has 0 bridgehead atoms. The van der Waals surface area contributed by atoms with E-state index in [4.69, 9.17) is 4.42 Å². The number of rotatable bonds is 7. The topological polar surface area (TPSA) is 89.3 Å². The molecule has 2 N–H and O–H groups in total. The van der Waals surface area contributed by atoms with E-state index in [0.717, 1.165) is 11.1 Å². The molecule has 2 aromatic heterocycles. The lowest BCUT2D eigenvalue weighted by atomic mass is 10.1. The Kier molecular flexibility index (Phi) is 6.25. The number of aryl methyl sites for hydroxylation is 1. The summed E-state index contributed by atoms with van der Waals surface area (Å²) >= 11 is 0. The molecule has 0 saturated heterocycles. The highest BCUT2D eigenvalue weighted by atomic mass is 19.3. The van der Waals surface area contributed by atoms with Crippen LogP contribution in [0.15, 0.2) is 65.4 Å². The van der Waals surface area contributed by atoms with Crippen molar-refractivity contribution >= 4 is 22.6 Å². The third-order valence-electron chi connectivity index (χ3n) is 4.71. The minimum absolute atomic E-state index is 0.0584. The van der Waals surface area contributed by atoms with Gasteiger partial charge in [-0.2, -0.15) is 8.78 Å². The summed E-state index contributed by atoms with van der Waals surface area (Å²) in [5.41, 5.74) is 3.40. The van der Waals surface area contributed by atoms with Crippen LogP contribution in [0.25, 0.3) is 22.4 Å². The predicted octanol–water partition coefficient (Wildman–Crippen LogP) is 5.16. The van der Waals surface area contributed by atoms with E-state index in [-0.39, 0.29) is 11.3 Å². The van der Waals surface area contributed by atoms with Crippen LogP contribution in [-0.4, -0.2) is 29.2 Å². The van der Waals surface area contributed by atoms with E-state index in [0.29, 0.717) is 35.6 Å². The summed E-state index contributed by atoms with van der Waals surface area (Å²) in [4.78, 5) is 20.9. The molecule has 0 radical (unpaired) electrons. The Bertz CT molecular complexity index is 1230. The molecule has 4 aromatic rings. The summed E-state index contributed by atoms with van der Waals surface area (Å²) in [6.45, 7) is -0.633. The van der Waals surface area contributed by atoms with E-state index in [2.05, 4.69) is 25.3 Å². The number of alkyl halides is 2. The summed E-state index contributed by atoms with van der Waals surface area (Å²) in [6, 6.07) is 13.5. The van der Waals surface area contributed by atoms with E-state index in [1.165, 1.54) is 18.3 Å². The Labute approximate surface area is 182 Å². The van der Waals surface area contributed by atoms with E-state index in [9.17, 15) is 13.6 Å². The maximum absolute atomic E-state index is 12.6. The standard InChI is InChI=1S/C23H20F2N4O3/c1-14-4-6-15(7-5-14)21-28-16(13-31-21)10-12-27-23(30)29-18-8-9-19(32-22(24)25)20-17(18)3-2-11-26-20/h2-9,11,13,22H,10,12H2,1H3,(H2,27,29,30). The van der Waals surface area contributed by atoms with Crippen LogP contribution in [0.1, 0.15) is 11.3 Å². The number of fused-ring (bicyclic) bond motifs is 1. The van der Waals surface area contributed by atoms with Gasteiger partial charge in [-0.15, -0.1) is 0 Å². The number of urea groups is 1. The highest BCUT2D eigenvalue weighted by Crippen LogP contribution is 2.30. The first kappa shape index (κ1) is 21.2. The summed E-state index contributed by atoms with van der Waals surface area (Å²) in [5.74, 6) is 0.464. The van der Waals surface area contributed by atoms with Gasteiger partial charge in [0.15, 0.2) is 5.75 Å². The maximum atomic E-state index is 12.6. The van der Waals surface area contributed by atoms with Crippen molar-refractivity contribution in [2.45, 2.75) is 20.0 Å². The molecule has 2 aromatic carbocycles. The van der Waals surface area contributed by atoms with Gasteiger partial charge in [-0.05, 0) is 43.3 Å². The van der Waals surface area contributed by atoms with Gasteiger partial charge in [0.2, 0.25) is 5.89 Å². The Morgan fingerprint density at radius 1 is 1.16 bits per heavy atom. The second-order valence-electron chi connectivity index (χ2n) is 7.03. The molecule has 0 aliphatic rings. The van der Waals surface area contributed by atoms with Gasteiger partial charge in [-0.1, -0.05) is 17.7 Å². The van der Waals surface area contributed by atoms with Gasteiger partial charge < -0.3 is 19.8 Å². The summed E-state index contributed by atoms with van der Waals surface area (Å²) in [6.07, 6.45) is 3.51. The fourth-order valence-electron chi connectivity index (χ4n) is 3.17. The molecule has 0 aliphatic heterocycles. The molecule has 32 heavy (non-hydrogen) atoms. The SMILES string of the molecule is Cc1ccc(-c2nc(CCNC(=O)Nc3ccc(OC(F)F)c4ncccc34)co2)cc1. The van der Waals surface area contributed by atoms with E-state index in [1.807, 2.05) is 31.2 Å². The van der Waals surface area contributed by atoms with Gasteiger partial charge in [-0.3, -0.25) is 4.98 Å². The second kappa shape index (κ2) is 9.42. The van der Waals surface area contributed by atoms with E-state index < -0.39 is 12.6 Å². The fraction of sp³-hybridized carbons (Fsp3) is 0.174. The highest BCUT2D eigenvalue weighted by Gasteiger charge is 2.14. The molecule has 0 unspecified atom stereocenters. The smallest absolute Gasteiger partial charge is 0.387 e. The average Bonchev–Trinajstić information content (AvgIpc) is 3.24. The lowest BCUT2D eigenvalue weighted by molar-refractivity contribution is -0.0489. The monoisotopic (exact) mass is 438 g/mol. The number of hydrogen-bond donors (Lipinski definition) is 2. The van der Waals surface area contributed by atoms with Crippen LogP contribution >= 0.6 is 0 Å². The minimum Gasteiger partial charge on any atom is -0.444 e. The number of benzene rings is 2. The molecule has 4 rings (SSSR count). The number of nitrogens with zero attached hydrogens (tertiary/aromatic N) is 2. The average molecular weight is 438 g/mol. The van der Waals surface area contributed by atoms with Crippen molar-refractivity contribution < 1.29 is 22.7 Å². The van der Waals surface area contributed by atoms with Gasteiger partial charge >= 0.3 is 12.6 Å². The van der Waals surface area contributed by atoms with Gasteiger partial charge in [0.1, 0.15) is 11.8 Å². The molecule has 2 amide bonds. The molecule has 7 nitrogen and oxygen atoms in total. The van der Waals surface area contributed by atoms with Crippen LogP contribution in [0.4, 0.5) is 19.3 Å². The maximum Gasteiger partial charge on any atom is 0.387 e. The Morgan fingerprint density at radius 3 is 2.75 bits per heavy atom. The third kappa shape index (κ3) is 5.00. The quantitative estimate of drug-likeness (QED) is 0.416.